The molecule has 1 aromatic carbocycles. The van der Waals surface area contributed by atoms with E-state index in [1.54, 1.807) is 0 Å². The smallest absolute Gasteiger partial charge is 0.178 e. The third-order valence-corrected chi connectivity index (χ3v) is 2.91. The van der Waals surface area contributed by atoms with Gasteiger partial charge in [-0.25, -0.2) is 0 Å². The van der Waals surface area contributed by atoms with Crippen molar-refractivity contribution < 1.29 is 9.84 Å². The second-order valence-electron chi connectivity index (χ2n) is 2.75. The summed E-state index contributed by atoms with van der Waals surface area (Å²) in [5.41, 5.74) is 0.472. The molecule has 0 saturated heterocycles. The summed E-state index contributed by atoms with van der Waals surface area (Å²) in [6.07, 6.45) is 0. The van der Waals surface area contributed by atoms with Crippen molar-refractivity contribution in [3.8, 4) is 17.6 Å². The molecule has 0 spiro atoms. The molecule has 1 N–H and O–H groups in total. The van der Waals surface area contributed by atoms with Crippen molar-refractivity contribution in [2.45, 2.75) is 0 Å². The van der Waals surface area contributed by atoms with E-state index in [1.165, 1.54) is 24.5 Å². The Morgan fingerprint density at radius 3 is 3.00 bits per heavy atom. The second kappa shape index (κ2) is 3.20. The quantitative estimate of drug-likeness (QED) is 0.778. The number of nitriles is 1. The second-order valence-corrected chi connectivity index (χ2v) is 3.67. The van der Waals surface area contributed by atoms with Crippen LogP contribution in [-0.2, 0) is 0 Å². The number of phenolic OH excluding ortho intramolecular Hbond substituents is 1. The topological polar surface area (TPSA) is 53.2 Å². The Bertz CT molecular complexity index is 525. The number of fused-ring (bicyclic) bond motifs is 1. The average molecular weight is 205 g/mol. The fourth-order valence-electron chi connectivity index (χ4n) is 1.38. The molecule has 70 valence electrons. The van der Waals surface area contributed by atoms with E-state index in [0.29, 0.717) is 11.3 Å². The first-order valence-electron chi connectivity index (χ1n) is 3.95. The lowest BCUT2D eigenvalue weighted by Crippen LogP contribution is -1.85. The highest BCUT2D eigenvalue weighted by Crippen LogP contribution is 2.39. The number of rotatable bonds is 1. The molecule has 0 radical (unpaired) electrons. The van der Waals surface area contributed by atoms with Crippen LogP contribution in [0, 0.1) is 11.3 Å². The molecule has 0 atom stereocenters. The van der Waals surface area contributed by atoms with Gasteiger partial charge in [0.2, 0.25) is 0 Å². The average Bonchev–Trinajstić information content (AvgIpc) is 2.65. The molecular weight excluding hydrogens is 198 g/mol. The number of thiophene rings is 1. The largest absolute Gasteiger partial charge is 0.504 e. The number of benzene rings is 1. The zero-order valence-electron chi connectivity index (χ0n) is 7.44. The van der Waals surface area contributed by atoms with Crippen LogP contribution in [0.1, 0.15) is 5.56 Å². The Morgan fingerprint density at radius 1 is 1.57 bits per heavy atom. The molecule has 1 aromatic heterocycles. The molecular formula is C10H7NO2S. The maximum Gasteiger partial charge on any atom is 0.178 e. The van der Waals surface area contributed by atoms with Crippen LogP contribution in [0.2, 0.25) is 0 Å². The zero-order chi connectivity index (χ0) is 10.1. The third-order valence-electron chi connectivity index (χ3n) is 2.00. The molecule has 0 aliphatic carbocycles. The molecule has 0 aliphatic heterocycles. The number of phenols is 1. The predicted molar refractivity (Wildman–Crippen MR) is 54.8 cm³/mol. The molecule has 2 rings (SSSR count). The summed E-state index contributed by atoms with van der Waals surface area (Å²) >= 11 is 1.45. The molecule has 1 heterocycles. The van der Waals surface area contributed by atoms with E-state index in [4.69, 9.17) is 10.00 Å². The molecule has 0 amide bonds. The molecule has 3 nitrogen and oxygen atoms in total. The van der Waals surface area contributed by atoms with Crippen molar-refractivity contribution in [3.63, 3.8) is 0 Å². The molecule has 4 heteroatoms. The van der Waals surface area contributed by atoms with Gasteiger partial charge in [-0.1, -0.05) is 0 Å². The molecule has 0 aliphatic rings. The van der Waals surface area contributed by atoms with E-state index in [9.17, 15) is 5.11 Å². The number of methoxy groups -OCH3 is 1. The molecule has 2 aromatic rings. The van der Waals surface area contributed by atoms with Crippen LogP contribution in [0.15, 0.2) is 17.5 Å². The minimum absolute atomic E-state index is 0.0130. The van der Waals surface area contributed by atoms with Gasteiger partial charge in [-0.15, -0.1) is 11.3 Å². The Labute approximate surface area is 84.8 Å². The fraction of sp³-hybridized carbons (Fsp3) is 0.100. The number of aromatic hydroxyl groups is 1. The predicted octanol–water partition coefficient (Wildman–Crippen LogP) is 2.49. The Hall–Kier alpha value is -1.73. The lowest BCUT2D eigenvalue weighted by atomic mass is 10.1. The van der Waals surface area contributed by atoms with Gasteiger partial charge >= 0.3 is 0 Å². The first-order chi connectivity index (χ1) is 6.77. The minimum atomic E-state index is 0.0130. The van der Waals surface area contributed by atoms with Gasteiger partial charge in [-0.05, 0) is 11.4 Å². The van der Waals surface area contributed by atoms with E-state index in [0.717, 1.165) is 10.1 Å². The Kier molecular flexibility index (Phi) is 2.02. The van der Waals surface area contributed by atoms with Crippen LogP contribution in [0.25, 0.3) is 10.1 Å². The summed E-state index contributed by atoms with van der Waals surface area (Å²) in [5, 5.41) is 21.1. The van der Waals surface area contributed by atoms with Gasteiger partial charge in [0.25, 0.3) is 0 Å². The van der Waals surface area contributed by atoms with E-state index in [-0.39, 0.29) is 5.75 Å². The van der Waals surface area contributed by atoms with Gasteiger partial charge in [-0.3, -0.25) is 0 Å². The lowest BCUT2D eigenvalue weighted by molar-refractivity contribution is 0.378. The molecule has 0 unspecified atom stereocenters. The van der Waals surface area contributed by atoms with Crippen molar-refractivity contribution in [3.05, 3.63) is 23.1 Å². The van der Waals surface area contributed by atoms with Gasteiger partial charge in [0.15, 0.2) is 11.5 Å². The highest BCUT2D eigenvalue weighted by molar-refractivity contribution is 7.17. The zero-order valence-corrected chi connectivity index (χ0v) is 8.26. The van der Waals surface area contributed by atoms with Gasteiger partial charge in [0.05, 0.1) is 23.4 Å². The molecule has 0 saturated carbocycles. The highest BCUT2D eigenvalue weighted by Gasteiger charge is 2.12. The summed E-state index contributed by atoms with van der Waals surface area (Å²) in [7, 11) is 1.50. The first-order valence-corrected chi connectivity index (χ1v) is 4.83. The van der Waals surface area contributed by atoms with Gasteiger partial charge in [0, 0.05) is 11.5 Å². The minimum Gasteiger partial charge on any atom is -0.504 e. The van der Waals surface area contributed by atoms with Crippen molar-refractivity contribution in [1.82, 2.24) is 0 Å². The normalized spacial score (nSPS) is 10.0. The van der Waals surface area contributed by atoms with E-state index < -0.39 is 0 Å². The number of hydrogen-bond donors (Lipinski definition) is 1. The van der Waals surface area contributed by atoms with Crippen LogP contribution in [-0.4, -0.2) is 12.2 Å². The van der Waals surface area contributed by atoms with Crippen molar-refractivity contribution >= 4 is 21.4 Å². The lowest BCUT2D eigenvalue weighted by Gasteiger charge is -2.04. The van der Waals surface area contributed by atoms with Crippen LogP contribution >= 0.6 is 11.3 Å². The standard InChI is InChI=1S/C10H7NO2S/c1-13-9-8(12)4-6(5-11)7-2-3-14-10(7)9/h2-4,12H,1H3. The SMILES string of the molecule is COc1c(O)cc(C#N)c2ccsc12. The summed E-state index contributed by atoms with van der Waals surface area (Å²) < 4.78 is 5.88. The van der Waals surface area contributed by atoms with Gasteiger partial charge < -0.3 is 9.84 Å². The van der Waals surface area contributed by atoms with E-state index >= 15 is 0 Å². The monoisotopic (exact) mass is 205 g/mol. The summed E-state index contributed by atoms with van der Waals surface area (Å²) in [5.74, 6) is 0.452. The van der Waals surface area contributed by atoms with E-state index in [2.05, 4.69) is 0 Å². The first kappa shape index (κ1) is 8.85. The van der Waals surface area contributed by atoms with Crippen LogP contribution in [0.4, 0.5) is 0 Å². The fourth-order valence-corrected chi connectivity index (χ4v) is 2.32. The van der Waals surface area contributed by atoms with Gasteiger partial charge in [-0.2, -0.15) is 5.26 Å². The highest BCUT2D eigenvalue weighted by atomic mass is 32.1. The summed E-state index contributed by atoms with van der Waals surface area (Å²) in [4.78, 5) is 0. The summed E-state index contributed by atoms with van der Waals surface area (Å²) in [6.45, 7) is 0. The number of ether oxygens (including phenoxy) is 1. The van der Waals surface area contributed by atoms with Crippen molar-refractivity contribution in [2.75, 3.05) is 7.11 Å². The van der Waals surface area contributed by atoms with Crippen LogP contribution < -0.4 is 4.74 Å². The van der Waals surface area contributed by atoms with Crippen molar-refractivity contribution in [2.24, 2.45) is 0 Å². The maximum atomic E-state index is 9.57. The summed E-state index contributed by atoms with van der Waals surface area (Å²) in [6, 6.07) is 5.31. The van der Waals surface area contributed by atoms with Crippen LogP contribution in [0.3, 0.4) is 0 Å². The molecule has 0 fully saturated rings. The number of nitrogens with zero attached hydrogens (tertiary/aromatic N) is 1. The Balaban J connectivity index is 2.90. The van der Waals surface area contributed by atoms with E-state index in [1.807, 2.05) is 17.5 Å². The molecule has 0 bridgehead atoms. The van der Waals surface area contributed by atoms with Gasteiger partial charge in [0.1, 0.15) is 0 Å². The molecule has 14 heavy (non-hydrogen) atoms. The number of hydrogen-bond acceptors (Lipinski definition) is 4. The van der Waals surface area contributed by atoms with Crippen molar-refractivity contribution in [1.29, 1.82) is 5.26 Å². The Morgan fingerprint density at radius 2 is 2.36 bits per heavy atom. The van der Waals surface area contributed by atoms with Crippen LogP contribution in [0.5, 0.6) is 11.5 Å². The third kappa shape index (κ3) is 1.10. The maximum absolute atomic E-state index is 9.57.